The van der Waals surface area contributed by atoms with Crippen molar-refractivity contribution < 1.29 is 36.6 Å². The number of ether oxygens (including phenoxy) is 2. The van der Waals surface area contributed by atoms with Crippen molar-refractivity contribution >= 4 is 23.3 Å². The van der Waals surface area contributed by atoms with Crippen molar-refractivity contribution in [1.82, 2.24) is 4.57 Å². The molecule has 0 radical (unpaired) electrons. The van der Waals surface area contributed by atoms with E-state index in [0.717, 1.165) is 42.0 Å². The first-order valence-corrected chi connectivity index (χ1v) is 13.9. The number of ketones is 1. The lowest BCUT2D eigenvalue weighted by molar-refractivity contribution is -0.131. The molecule has 0 aliphatic rings. The summed E-state index contributed by atoms with van der Waals surface area (Å²) < 4.78 is 69.4. The van der Waals surface area contributed by atoms with E-state index in [0.29, 0.717) is 35.0 Å². The Hall–Kier alpha value is -5.13. The van der Waals surface area contributed by atoms with E-state index in [1.807, 2.05) is 26.8 Å². The Morgan fingerprint density at radius 3 is 2.20 bits per heavy atom. The van der Waals surface area contributed by atoms with Gasteiger partial charge in [0.2, 0.25) is 0 Å². The molecule has 8 nitrogen and oxygen atoms in total. The fraction of sp³-hybridized carbons (Fsp3) is 0.242. The average Bonchev–Trinajstić information content (AvgIpc) is 2.93. The number of esters is 1. The number of aromatic nitrogens is 1. The number of nitrogen functional groups attached to an aromatic ring is 1. The van der Waals surface area contributed by atoms with Gasteiger partial charge in [0.05, 0.1) is 23.4 Å². The largest absolute Gasteiger partial charge is 0.493 e. The molecule has 0 atom stereocenters. The second-order valence-corrected chi connectivity index (χ2v) is 11.1. The van der Waals surface area contributed by atoms with E-state index < -0.39 is 63.2 Å². The van der Waals surface area contributed by atoms with Crippen LogP contribution in [-0.4, -0.2) is 29.5 Å². The zero-order valence-electron chi connectivity index (χ0n) is 25.0. The zero-order chi connectivity index (χ0) is 33.1. The summed E-state index contributed by atoms with van der Waals surface area (Å²) >= 11 is 0. The van der Waals surface area contributed by atoms with Crippen LogP contribution >= 0.6 is 0 Å². The third-order valence-electron chi connectivity index (χ3n) is 6.74. The molecule has 1 aromatic heterocycles. The second kappa shape index (κ2) is 13.2. The molecule has 0 amide bonds. The Bertz CT molecular complexity index is 1810. The van der Waals surface area contributed by atoms with Crippen LogP contribution in [0.15, 0.2) is 65.5 Å². The highest BCUT2D eigenvalue weighted by Gasteiger charge is 2.24. The molecule has 0 fully saturated rings. The number of rotatable bonds is 10. The van der Waals surface area contributed by atoms with Crippen LogP contribution in [0.1, 0.15) is 55.6 Å². The molecule has 0 spiro atoms. The summed E-state index contributed by atoms with van der Waals surface area (Å²) in [5.74, 6) is -6.42. The van der Waals surface area contributed by atoms with Gasteiger partial charge in [-0.3, -0.25) is 19.0 Å². The smallest absolute Gasteiger partial charge is 0.308 e. The Labute approximate surface area is 256 Å². The van der Waals surface area contributed by atoms with Crippen LogP contribution in [-0.2, 0) is 10.2 Å². The third kappa shape index (κ3) is 7.34. The molecule has 0 aliphatic heterocycles. The van der Waals surface area contributed by atoms with Crippen LogP contribution in [0.25, 0.3) is 5.69 Å². The Balaban J connectivity index is 1.50. The van der Waals surface area contributed by atoms with Crippen molar-refractivity contribution in [3.63, 3.8) is 0 Å². The van der Waals surface area contributed by atoms with Gasteiger partial charge in [-0.25, -0.2) is 17.6 Å². The number of benzene rings is 3. The van der Waals surface area contributed by atoms with Gasteiger partial charge in [-0.15, -0.1) is 0 Å². The molecule has 236 valence electrons. The third-order valence-corrected chi connectivity index (χ3v) is 6.74. The fourth-order valence-electron chi connectivity index (χ4n) is 4.69. The maximum atomic E-state index is 15.2. The summed E-state index contributed by atoms with van der Waals surface area (Å²) in [6, 6.07) is 11.2. The molecular formula is C33H31F4N3O5. The van der Waals surface area contributed by atoms with Crippen molar-refractivity contribution in [3.8, 4) is 17.2 Å². The van der Waals surface area contributed by atoms with Gasteiger partial charge < -0.3 is 20.5 Å². The number of nitrogens with one attached hydrogen (secondary N) is 1. The number of carbonyl (C=O) groups excluding carboxylic acids is 2. The van der Waals surface area contributed by atoms with E-state index in [1.165, 1.54) is 6.92 Å². The van der Waals surface area contributed by atoms with Crippen LogP contribution in [0.3, 0.4) is 0 Å². The molecule has 0 unspecified atom stereocenters. The number of para-hydroxylation sites is 1. The monoisotopic (exact) mass is 625 g/mol. The van der Waals surface area contributed by atoms with Crippen LogP contribution in [0, 0.1) is 23.3 Å². The van der Waals surface area contributed by atoms with Gasteiger partial charge in [0, 0.05) is 37.7 Å². The van der Waals surface area contributed by atoms with Crippen molar-refractivity contribution in [2.75, 3.05) is 24.2 Å². The molecule has 4 aromatic rings. The van der Waals surface area contributed by atoms with Gasteiger partial charge in [0.15, 0.2) is 23.2 Å². The van der Waals surface area contributed by atoms with Gasteiger partial charge in [-0.05, 0) is 41.7 Å². The minimum Gasteiger partial charge on any atom is -0.493 e. The van der Waals surface area contributed by atoms with Gasteiger partial charge in [0.1, 0.15) is 28.9 Å². The molecule has 4 rings (SSSR count). The minimum atomic E-state index is -1.21. The zero-order valence-corrected chi connectivity index (χ0v) is 25.0. The molecule has 0 bridgehead atoms. The number of carbonyl (C=O) groups is 2. The molecule has 3 N–H and O–H groups in total. The van der Waals surface area contributed by atoms with Crippen molar-refractivity contribution in [3.05, 3.63) is 111 Å². The average molecular weight is 626 g/mol. The highest BCUT2D eigenvalue weighted by atomic mass is 19.1. The highest BCUT2D eigenvalue weighted by molar-refractivity contribution is 6.11. The predicted octanol–water partition coefficient (Wildman–Crippen LogP) is 6.31. The van der Waals surface area contributed by atoms with Crippen LogP contribution in [0.5, 0.6) is 11.5 Å². The van der Waals surface area contributed by atoms with E-state index in [1.54, 1.807) is 12.1 Å². The molecule has 0 saturated heterocycles. The molecular weight excluding hydrogens is 594 g/mol. The van der Waals surface area contributed by atoms with E-state index in [2.05, 4.69) is 5.32 Å². The first-order chi connectivity index (χ1) is 21.2. The van der Waals surface area contributed by atoms with Gasteiger partial charge >= 0.3 is 5.97 Å². The van der Waals surface area contributed by atoms with Gasteiger partial charge in [-0.1, -0.05) is 32.9 Å². The summed E-state index contributed by atoms with van der Waals surface area (Å²) in [7, 11) is 0. The van der Waals surface area contributed by atoms with Crippen molar-refractivity contribution in [1.29, 1.82) is 0 Å². The Morgan fingerprint density at radius 1 is 0.911 bits per heavy atom. The first kappa shape index (κ1) is 32.8. The summed E-state index contributed by atoms with van der Waals surface area (Å²) in [5.41, 5.74) is 4.52. The standard InChI is InChI=1S/C33H31F4N3O5/c1-18(41)45-27-8-5-7-23(33(2,3)4)29(27)39-13-6-14-44-20-16-25(36)30(26(37)17-20)40-28(42)12-11-22(32(40)38)31(43)21-10-9-19(34)15-24(21)35/h5,7-12,15-17,39H,6,13-14,38H2,1-4H3. The van der Waals surface area contributed by atoms with E-state index in [-0.39, 0.29) is 17.8 Å². The lowest BCUT2D eigenvalue weighted by Crippen LogP contribution is -2.25. The second-order valence-electron chi connectivity index (χ2n) is 11.1. The number of hydrogen-bond donors (Lipinski definition) is 2. The summed E-state index contributed by atoms with van der Waals surface area (Å²) in [6.07, 6.45) is 0.388. The van der Waals surface area contributed by atoms with Gasteiger partial charge in [0.25, 0.3) is 5.56 Å². The molecule has 0 saturated carbocycles. The molecule has 1 heterocycles. The Kier molecular flexibility index (Phi) is 9.65. The number of nitrogens with zero attached hydrogens (tertiary/aromatic N) is 1. The summed E-state index contributed by atoms with van der Waals surface area (Å²) in [6.45, 7) is 7.76. The summed E-state index contributed by atoms with van der Waals surface area (Å²) in [5, 5.41) is 3.25. The molecule has 0 aliphatic carbocycles. The lowest BCUT2D eigenvalue weighted by Gasteiger charge is -2.25. The first-order valence-electron chi connectivity index (χ1n) is 13.9. The molecule has 45 heavy (non-hydrogen) atoms. The highest BCUT2D eigenvalue weighted by Crippen LogP contribution is 2.36. The lowest BCUT2D eigenvalue weighted by atomic mass is 9.85. The van der Waals surface area contributed by atoms with Crippen LogP contribution < -0.4 is 26.1 Å². The number of halogens is 4. The molecule has 3 aromatic carbocycles. The van der Waals surface area contributed by atoms with E-state index in [4.69, 9.17) is 15.2 Å². The quantitative estimate of drug-likeness (QED) is 0.0698. The van der Waals surface area contributed by atoms with E-state index in [9.17, 15) is 23.2 Å². The van der Waals surface area contributed by atoms with Gasteiger partial charge in [-0.2, -0.15) is 0 Å². The SMILES string of the molecule is CC(=O)Oc1cccc(C(C)(C)C)c1NCCCOc1cc(F)c(-n2c(N)c(C(=O)c3ccc(F)cc3F)ccc2=O)c(F)c1. The van der Waals surface area contributed by atoms with Crippen LogP contribution in [0.4, 0.5) is 29.1 Å². The number of pyridine rings is 1. The van der Waals surface area contributed by atoms with Crippen LogP contribution in [0.2, 0.25) is 0 Å². The topological polar surface area (TPSA) is 113 Å². The maximum Gasteiger partial charge on any atom is 0.308 e. The number of anilines is 2. The van der Waals surface area contributed by atoms with E-state index >= 15 is 8.78 Å². The van der Waals surface area contributed by atoms with Crippen molar-refractivity contribution in [2.24, 2.45) is 0 Å². The normalized spacial score (nSPS) is 11.3. The maximum absolute atomic E-state index is 15.2. The predicted molar refractivity (Wildman–Crippen MR) is 161 cm³/mol. The fourth-order valence-corrected chi connectivity index (χ4v) is 4.69. The summed E-state index contributed by atoms with van der Waals surface area (Å²) in [4.78, 5) is 37.1. The molecule has 12 heteroatoms. The number of nitrogens with two attached hydrogens (primary N) is 1. The number of hydrogen-bond acceptors (Lipinski definition) is 7. The minimum absolute atomic E-state index is 0.0428. The Morgan fingerprint density at radius 2 is 1.58 bits per heavy atom. The van der Waals surface area contributed by atoms with Crippen molar-refractivity contribution in [2.45, 2.75) is 39.5 Å².